The summed E-state index contributed by atoms with van der Waals surface area (Å²) in [6.07, 6.45) is 3.34. The molecule has 1 saturated heterocycles. The van der Waals surface area contributed by atoms with E-state index in [0.717, 1.165) is 31.0 Å². The number of pyridine rings is 1. The number of fused-ring (bicyclic) bond motifs is 1. The zero-order valence-corrected chi connectivity index (χ0v) is 9.84. The van der Waals surface area contributed by atoms with E-state index in [4.69, 9.17) is 4.74 Å². The minimum absolute atomic E-state index is 0.286. The standard InChI is InChI=1S/C12H16N4O/c1-9-10(5-7-17-9)13-8-12-15-14-11-4-2-3-6-16(11)12/h2-4,6,9-10,13H,5,7-8H2,1H3. The molecule has 1 aliphatic rings. The van der Waals surface area contributed by atoms with E-state index in [9.17, 15) is 0 Å². The van der Waals surface area contributed by atoms with Crippen LogP contribution in [0.1, 0.15) is 19.2 Å². The molecule has 1 aliphatic heterocycles. The first-order chi connectivity index (χ1) is 8.34. The Morgan fingerprint density at radius 1 is 1.47 bits per heavy atom. The molecule has 1 N–H and O–H groups in total. The third-order valence-electron chi connectivity index (χ3n) is 3.28. The molecule has 90 valence electrons. The van der Waals surface area contributed by atoms with Crippen molar-refractivity contribution in [1.29, 1.82) is 0 Å². The summed E-state index contributed by atoms with van der Waals surface area (Å²) in [6.45, 7) is 3.68. The Morgan fingerprint density at radius 2 is 2.41 bits per heavy atom. The molecule has 0 radical (unpaired) electrons. The van der Waals surface area contributed by atoms with Gasteiger partial charge in [0.2, 0.25) is 0 Å². The molecule has 1 fully saturated rings. The van der Waals surface area contributed by atoms with Gasteiger partial charge in [-0.25, -0.2) is 0 Å². The van der Waals surface area contributed by atoms with E-state index in [0.29, 0.717) is 6.04 Å². The van der Waals surface area contributed by atoms with E-state index >= 15 is 0 Å². The molecular weight excluding hydrogens is 216 g/mol. The maximum Gasteiger partial charge on any atom is 0.160 e. The average Bonchev–Trinajstić information content (AvgIpc) is 2.93. The van der Waals surface area contributed by atoms with Crippen LogP contribution in [0.15, 0.2) is 24.4 Å². The molecule has 0 aromatic carbocycles. The van der Waals surface area contributed by atoms with E-state index in [2.05, 4.69) is 22.4 Å². The Morgan fingerprint density at radius 3 is 3.24 bits per heavy atom. The van der Waals surface area contributed by atoms with Gasteiger partial charge in [0, 0.05) is 18.8 Å². The summed E-state index contributed by atoms with van der Waals surface area (Å²) in [4.78, 5) is 0. The third kappa shape index (κ3) is 2.03. The highest BCUT2D eigenvalue weighted by Gasteiger charge is 2.23. The molecule has 17 heavy (non-hydrogen) atoms. The van der Waals surface area contributed by atoms with Crippen molar-refractivity contribution in [2.24, 2.45) is 0 Å². The van der Waals surface area contributed by atoms with Crippen LogP contribution < -0.4 is 5.32 Å². The molecule has 3 rings (SSSR count). The quantitative estimate of drug-likeness (QED) is 0.857. The molecule has 0 saturated carbocycles. The van der Waals surface area contributed by atoms with Gasteiger partial charge in [0.1, 0.15) is 0 Å². The summed E-state index contributed by atoms with van der Waals surface area (Å²) in [5, 5.41) is 11.8. The van der Waals surface area contributed by atoms with Gasteiger partial charge < -0.3 is 10.1 Å². The fourth-order valence-electron chi connectivity index (χ4n) is 2.23. The topological polar surface area (TPSA) is 51.5 Å². The SMILES string of the molecule is CC1OCCC1NCc1nnc2ccccn12. The second-order valence-corrected chi connectivity index (χ2v) is 4.40. The second kappa shape index (κ2) is 4.43. The van der Waals surface area contributed by atoms with Gasteiger partial charge in [0.15, 0.2) is 11.5 Å². The van der Waals surface area contributed by atoms with Crippen LogP contribution in [-0.2, 0) is 11.3 Å². The number of ether oxygens (including phenoxy) is 1. The van der Waals surface area contributed by atoms with Crippen molar-refractivity contribution in [3.63, 3.8) is 0 Å². The number of hydrogen-bond acceptors (Lipinski definition) is 4. The maximum absolute atomic E-state index is 5.52. The van der Waals surface area contributed by atoms with Crippen LogP contribution >= 0.6 is 0 Å². The van der Waals surface area contributed by atoms with Gasteiger partial charge in [-0.3, -0.25) is 4.40 Å². The molecule has 5 heteroatoms. The lowest BCUT2D eigenvalue weighted by Gasteiger charge is -2.14. The summed E-state index contributed by atoms with van der Waals surface area (Å²) in [5.74, 6) is 0.944. The van der Waals surface area contributed by atoms with Gasteiger partial charge in [-0.2, -0.15) is 0 Å². The van der Waals surface area contributed by atoms with E-state index in [1.807, 2.05) is 28.8 Å². The monoisotopic (exact) mass is 232 g/mol. The molecule has 0 aliphatic carbocycles. The lowest BCUT2D eigenvalue weighted by molar-refractivity contribution is 0.113. The Hall–Kier alpha value is -1.46. The van der Waals surface area contributed by atoms with E-state index in [1.54, 1.807) is 0 Å². The van der Waals surface area contributed by atoms with Gasteiger partial charge in [-0.1, -0.05) is 6.07 Å². The summed E-state index contributed by atoms with van der Waals surface area (Å²) >= 11 is 0. The summed E-state index contributed by atoms with van der Waals surface area (Å²) < 4.78 is 7.52. The van der Waals surface area contributed by atoms with Crippen LogP contribution in [0.4, 0.5) is 0 Å². The van der Waals surface area contributed by atoms with Gasteiger partial charge in [-0.15, -0.1) is 10.2 Å². The molecule has 2 unspecified atom stereocenters. The molecule has 0 bridgehead atoms. The van der Waals surface area contributed by atoms with Crippen molar-refractivity contribution in [2.75, 3.05) is 6.61 Å². The largest absolute Gasteiger partial charge is 0.377 e. The average molecular weight is 232 g/mol. The van der Waals surface area contributed by atoms with E-state index in [-0.39, 0.29) is 6.10 Å². The first-order valence-electron chi connectivity index (χ1n) is 5.98. The zero-order valence-electron chi connectivity index (χ0n) is 9.84. The molecular formula is C12H16N4O. The van der Waals surface area contributed by atoms with Crippen LogP contribution in [-0.4, -0.2) is 33.4 Å². The number of hydrogen-bond donors (Lipinski definition) is 1. The fourth-order valence-corrected chi connectivity index (χ4v) is 2.23. The van der Waals surface area contributed by atoms with Crippen molar-refractivity contribution in [3.05, 3.63) is 30.2 Å². The van der Waals surface area contributed by atoms with Crippen molar-refractivity contribution in [1.82, 2.24) is 19.9 Å². The number of nitrogens with zero attached hydrogens (tertiary/aromatic N) is 3. The molecule has 0 spiro atoms. The highest BCUT2D eigenvalue weighted by Crippen LogP contribution is 2.13. The molecule has 2 atom stereocenters. The first-order valence-corrected chi connectivity index (χ1v) is 5.98. The fraction of sp³-hybridized carbons (Fsp3) is 0.500. The minimum Gasteiger partial charge on any atom is -0.377 e. The predicted octanol–water partition coefficient (Wildman–Crippen LogP) is 0.996. The summed E-state index contributed by atoms with van der Waals surface area (Å²) in [5.41, 5.74) is 0.889. The normalized spacial score (nSPS) is 24.5. The minimum atomic E-state index is 0.286. The van der Waals surface area contributed by atoms with Gasteiger partial charge in [0.05, 0.1) is 12.6 Å². The molecule has 5 nitrogen and oxygen atoms in total. The van der Waals surface area contributed by atoms with Crippen molar-refractivity contribution < 1.29 is 4.74 Å². The molecule has 2 aromatic heterocycles. The molecule has 2 aromatic rings. The van der Waals surface area contributed by atoms with Crippen LogP contribution in [0, 0.1) is 0 Å². The highest BCUT2D eigenvalue weighted by molar-refractivity contribution is 5.36. The number of rotatable bonds is 3. The van der Waals surface area contributed by atoms with Gasteiger partial charge in [0.25, 0.3) is 0 Å². The predicted molar refractivity (Wildman–Crippen MR) is 63.6 cm³/mol. The molecule has 0 amide bonds. The number of aromatic nitrogens is 3. The van der Waals surface area contributed by atoms with Crippen LogP contribution in [0.25, 0.3) is 5.65 Å². The second-order valence-electron chi connectivity index (χ2n) is 4.40. The Kier molecular flexibility index (Phi) is 2.78. The van der Waals surface area contributed by atoms with Crippen molar-refractivity contribution >= 4 is 5.65 Å². The van der Waals surface area contributed by atoms with Gasteiger partial charge in [-0.05, 0) is 25.5 Å². The van der Waals surface area contributed by atoms with Crippen LogP contribution in [0.2, 0.25) is 0 Å². The van der Waals surface area contributed by atoms with Crippen molar-refractivity contribution in [3.8, 4) is 0 Å². The molecule has 3 heterocycles. The summed E-state index contributed by atoms with van der Waals surface area (Å²) in [7, 11) is 0. The maximum atomic E-state index is 5.52. The number of nitrogens with one attached hydrogen (secondary N) is 1. The van der Waals surface area contributed by atoms with Crippen LogP contribution in [0.3, 0.4) is 0 Å². The Labute approximate surface area is 99.8 Å². The lowest BCUT2D eigenvalue weighted by Crippen LogP contribution is -2.34. The highest BCUT2D eigenvalue weighted by atomic mass is 16.5. The van der Waals surface area contributed by atoms with Crippen LogP contribution in [0.5, 0.6) is 0 Å². The third-order valence-corrected chi connectivity index (χ3v) is 3.28. The Balaban J connectivity index is 1.72. The van der Waals surface area contributed by atoms with E-state index in [1.165, 1.54) is 0 Å². The zero-order chi connectivity index (χ0) is 11.7. The summed E-state index contributed by atoms with van der Waals surface area (Å²) in [6, 6.07) is 6.33. The Bertz CT molecular complexity index is 510. The first kappa shape index (κ1) is 10.7. The van der Waals surface area contributed by atoms with Crippen molar-refractivity contribution in [2.45, 2.75) is 32.0 Å². The smallest absolute Gasteiger partial charge is 0.160 e. The van der Waals surface area contributed by atoms with E-state index < -0.39 is 0 Å². The van der Waals surface area contributed by atoms with Gasteiger partial charge >= 0.3 is 0 Å². The lowest BCUT2D eigenvalue weighted by atomic mass is 10.1.